The fraction of sp³-hybridized carbons (Fsp3) is 0.375. The molecule has 2 aliphatic rings. The molecule has 7 rings (SSSR count). The second-order valence-corrected chi connectivity index (χ2v) is 30.3. The smallest absolute Gasteiger partial charge is 0.748 e. The molecule has 0 aromatic heterocycles. The zero-order chi connectivity index (χ0) is 65.5. The average Bonchev–Trinajstić information content (AvgIpc) is 1.60. The molecule has 0 radical (unpaired) electrons. The summed E-state index contributed by atoms with van der Waals surface area (Å²) in [5, 5.41) is 5.53. The number of carbonyl (C=O) groups is 3. The number of methoxy groups -OCH3 is 2. The average molecular weight is 1400 g/mol. The summed E-state index contributed by atoms with van der Waals surface area (Å²) in [6.45, 7) is 5.12. The van der Waals surface area contributed by atoms with Gasteiger partial charge in [0.05, 0.1) is 63.6 Å². The van der Waals surface area contributed by atoms with Crippen LogP contribution in [0.2, 0.25) is 0 Å². The molecule has 5 aromatic rings. The van der Waals surface area contributed by atoms with E-state index in [9.17, 15) is 66.3 Å². The van der Waals surface area contributed by atoms with Crippen molar-refractivity contribution in [3.05, 3.63) is 174 Å². The Morgan fingerprint density at radius 2 is 1.29 bits per heavy atom. The third-order valence-electron chi connectivity index (χ3n) is 16.0. The maximum absolute atomic E-state index is 13.6. The molecule has 0 saturated carbocycles. The van der Waals surface area contributed by atoms with Gasteiger partial charge in [-0.1, -0.05) is 78.9 Å². The van der Waals surface area contributed by atoms with Crippen LogP contribution in [0.3, 0.4) is 0 Å². The first-order valence-corrected chi connectivity index (χ1v) is 36.6. The molecule has 0 fully saturated rings. The monoisotopic (exact) mass is 1400 g/mol. The Bertz CT molecular complexity index is 3990. The Kier molecular flexibility index (Phi) is 32.4. The number of carbonyl (C=O) groups excluding carboxylic acids is 3. The summed E-state index contributed by atoms with van der Waals surface area (Å²) in [7, 11) is -17.1. The second-order valence-electron chi connectivity index (χ2n) is 22.2. The van der Waals surface area contributed by atoms with Crippen molar-refractivity contribution in [2.45, 2.75) is 98.7 Å². The Morgan fingerprint density at radius 3 is 1.90 bits per heavy atom. The van der Waals surface area contributed by atoms with Crippen LogP contribution in [0.1, 0.15) is 110 Å². The molecule has 3 N–H and O–H groups in total. The molecular weight excluding hydrogens is 1330 g/mol. The van der Waals surface area contributed by atoms with Crippen LogP contribution in [0.25, 0.3) is 0 Å². The number of esters is 1. The number of hydrogen-bond donors (Lipinski definition) is 3. The number of ketones is 1. The van der Waals surface area contributed by atoms with E-state index >= 15 is 0 Å². The molecule has 2 atom stereocenters. The zero-order valence-electron chi connectivity index (χ0n) is 53.5. The van der Waals surface area contributed by atoms with Crippen molar-refractivity contribution in [3.8, 4) is 0 Å². The topological polar surface area (TPSA) is 320 Å². The first-order valence-electron chi connectivity index (χ1n) is 29.2. The van der Waals surface area contributed by atoms with Crippen LogP contribution in [-0.4, -0.2) is 145 Å². The van der Waals surface area contributed by atoms with E-state index in [1.807, 2.05) is 70.1 Å². The summed E-state index contributed by atoms with van der Waals surface area (Å²) < 4.78 is 160. The van der Waals surface area contributed by atoms with Gasteiger partial charge in [-0.05, 0) is 137 Å². The number of unbranched alkanes of at least 4 members (excludes halogenated alkanes) is 2. The Hall–Kier alpha value is -3.61. The van der Waals surface area contributed by atoms with Crippen LogP contribution < -0.4 is 115 Å². The number of allylic oxidation sites excluding steroid dienone is 6. The minimum Gasteiger partial charge on any atom is -0.748 e. The summed E-state index contributed by atoms with van der Waals surface area (Å²) >= 11 is 0. The van der Waals surface area contributed by atoms with Gasteiger partial charge in [-0.25, -0.2) is 21.6 Å². The van der Waals surface area contributed by atoms with Crippen LogP contribution >= 0.6 is 7.92 Å². The van der Waals surface area contributed by atoms with Crippen LogP contribution in [0.15, 0.2) is 161 Å². The molecule has 2 heterocycles. The number of amides is 1. The standard InChI is InChI=1S/C64H76N3O18PS4.3Na/c1-63(34-18-42-87(71,72)73)54-45-51(89(77,78)79)29-32-56(54)66(59(63)26-14-7-15-27-60-64(2,35-19-43-88(74,75)76)55-46-52(90(80,81)82)30-33-57(55)67(60)38-39-85-41-40-83-3)37-16-8-9-20-48(68)21-17-36-65-61(69)47-28-31-53(62(70)84-4)58(44-47)86(49-22-10-5-11-23-49)50-24-12-6-13-25-50;;;/h5-7,10-15,22-33,44-46H,8-9,16-21,34-43H2,1-4H3,(H4-,65,69,71,72,73,74,75,76,77,78,79,80,81,82);;;/q;3*+1/p-1. The van der Waals surface area contributed by atoms with Gasteiger partial charge in [0.2, 0.25) is 5.69 Å². The molecular formula is C64H75N3Na3O18PS4+2. The van der Waals surface area contributed by atoms with E-state index in [4.69, 9.17) is 14.2 Å². The van der Waals surface area contributed by atoms with Gasteiger partial charge in [0.15, 0.2) is 5.71 Å². The first-order chi connectivity index (χ1) is 42.6. The van der Waals surface area contributed by atoms with Crippen LogP contribution in [0, 0.1) is 0 Å². The third-order valence-corrected chi connectivity index (χ3v) is 21.7. The van der Waals surface area contributed by atoms with E-state index < -0.39 is 81.6 Å². The van der Waals surface area contributed by atoms with E-state index in [-0.39, 0.29) is 170 Å². The van der Waals surface area contributed by atoms with E-state index in [1.54, 1.807) is 62.4 Å². The molecule has 0 saturated heterocycles. The van der Waals surface area contributed by atoms with Gasteiger partial charge < -0.3 is 33.5 Å². The number of hydrogen-bond acceptors (Lipinski definition) is 17. The van der Waals surface area contributed by atoms with Crippen LogP contribution in [0.5, 0.6) is 0 Å². The molecule has 0 aliphatic carbocycles. The summed E-state index contributed by atoms with van der Waals surface area (Å²) in [6, 6.07) is 32.5. The van der Waals surface area contributed by atoms with E-state index in [1.165, 1.54) is 50.6 Å². The van der Waals surface area contributed by atoms with Gasteiger partial charge in [-0.3, -0.25) is 18.7 Å². The largest absolute Gasteiger partial charge is 1.00 e. The number of anilines is 1. The minimum absolute atomic E-state index is 0. The number of ether oxygens (including phenoxy) is 3. The minimum atomic E-state index is -4.97. The quantitative estimate of drug-likeness (QED) is 0.00805. The van der Waals surface area contributed by atoms with Crippen molar-refractivity contribution in [2.24, 2.45) is 0 Å². The number of nitrogens with one attached hydrogen (secondary N) is 1. The first kappa shape index (κ1) is 81.8. The second kappa shape index (κ2) is 36.8. The Labute approximate surface area is 613 Å². The number of benzene rings is 5. The van der Waals surface area contributed by atoms with E-state index in [0.29, 0.717) is 89.2 Å². The molecule has 0 spiro atoms. The SMILES string of the molecule is COCCOCCN1C(=CC=CC=CC2=[N+](CCCCCC(=O)CCCNC(=O)c3ccc(C(=O)OC)c(P(c4ccccc4)c4ccccc4)c3)c3ccc(S(=O)(=O)[O-])cc3C2(C)CCCS(=O)(=O)[O-])C(C)(CCCS(=O)(=O)O)c2cc(S(=O)(=O)O)ccc21.[Na+].[Na+].[Na+]. The molecule has 484 valence electrons. The van der Waals surface area contributed by atoms with Crippen molar-refractivity contribution in [1.82, 2.24) is 5.32 Å². The molecule has 29 heteroatoms. The Morgan fingerprint density at radius 1 is 0.667 bits per heavy atom. The van der Waals surface area contributed by atoms with Crippen molar-refractivity contribution in [1.29, 1.82) is 0 Å². The third kappa shape index (κ3) is 22.5. The number of nitrogens with zero attached hydrogens (tertiary/aromatic N) is 2. The molecule has 21 nitrogen and oxygen atoms in total. The van der Waals surface area contributed by atoms with Gasteiger partial charge in [0.25, 0.3) is 26.1 Å². The number of fused-ring (bicyclic) bond motifs is 2. The van der Waals surface area contributed by atoms with Crippen molar-refractivity contribution in [3.63, 3.8) is 0 Å². The van der Waals surface area contributed by atoms with Gasteiger partial charge in [-0.15, -0.1) is 0 Å². The molecule has 5 aromatic carbocycles. The summed E-state index contributed by atoms with van der Waals surface area (Å²) in [4.78, 5) is 41.0. The maximum Gasteiger partial charge on any atom is 1.00 e. The summed E-state index contributed by atoms with van der Waals surface area (Å²) in [6.07, 6.45) is 11.0. The number of Topliss-reactive ketones (excluding diaryl/α,β-unsaturated/α-hetero) is 1. The van der Waals surface area contributed by atoms with Crippen molar-refractivity contribution < 1.29 is 174 Å². The van der Waals surface area contributed by atoms with Gasteiger partial charge in [0.1, 0.15) is 22.4 Å². The zero-order valence-corrected chi connectivity index (χ0v) is 63.6. The number of rotatable bonds is 34. The normalized spacial score (nSPS) is 16.9. The van der Waals surface area contributed by atoms with Crippen molar-refractivity contribution in [2.75, 3.05) is 70.1 Å². The van der Waals surface area contributed by atoms with Gasteiger partial charge in [0, 0.05) is 90.6 Å². The van der Waals surface area contributed by atoms with E-state index in [2.05, 4.69) is 5.32 Å². The fourth-order valence-corrected chi connectivity index (χ4v) is 16.0. The molecule has 1 amide bonds. The predicted octanol–water partition coefficient (Wildman–Crippen LogP) is -1.48. The van der Waals surface area contributed by atoms with Crippen LogP contribution in [-0.2, 0) is 70.3 Å². The maximum atomic E-state index is 13.6. The van der Waals surface area contributed by atoms with Gasteiger partial charge >= 0.3 is 94.6 Å². The summed E-state index contributed by atoms with van der Waals surface area (Å²) in [5.74, 6) is -2.21. The summed E-state index contributed by atoms with van der Waals surface area (Å²) in [5.41, 5.74) is 1.60. The van der Waals surface area contributed by atoms with Crippen molar-refractivity contribution >= 4 is 99.1 Å². The fourth-order valence-electron chi connectivity index (χ4n) is 11.6. The molecule has 93 heavy (non-hydrogen) atoms. The predicted molar refractivity (Wildman–Crippen MR) is 343 cm³/mol. The Balaban J connectivity index is 0.00000614. The van der Waals surface area contributed by atoms with E-state index in [0.717, 1.165) is 10.6 Å². The molecule has 2 aliphatic heterocycles. The van der Waals surface area contributed by atoms with Gasteiger partial charge in [-0.2, -0.15) is 21.4 Å². The molecule has 2 unspecified atom stereocenters. The molecule has 0 bridgehead atoms. The van der Waals surface area contributed by atoms with Crippen LogP contribution in [0.4, 0.5) is 11.4 Å².